The van der Waals surface area contributed by atoms with Gasteiger partial charge >= 0.3 is 0 Å². The minimum atomic E-state index is 0.123. The normalized spacial score (nSPS) is 15.4. The van der Waals surface area contributed by atoms with Crippen LogP contribution in [0.3, 0.4) is 0 Å². The second-order valence-electron chi connectivity index (χ2n) is 4.53. The molecular weight excluding hydrogens is 220 g/mol. The van der Waals surface area contributed by atoms with Gasteiger partial charge in [-0.2, -0.15) is 0 Å². The summed E-state index contributed by atoms with van der Waals surface area (Å²) in [6, 6.07) is 1.96. The molecule has 1 fully saturated rings. The Labute approximate surface area is 101 Å². The monoisotopic (exact) mass is 238 g/mol. The van der Waals surface area contributed by atoms with E-state index in [2.05, 4.69) is 0 Å². The third-order valence-electron chi connectivity index (χ3n) is 2.94. The van der Waals surface area contributed by atoms with Crippen molar-refractivity contribution in [3.05, 3.63) is 21.4 Å². The topological polar surface area (TPSA) is 26.3 Å². The van der Waals surface area contributed by atoms with E-state index in [9.17, 15) is 4.79 Å². The van der Waals surface area contributed by atoms with E-state index in [4.69, 9.17) is 4.74 Å². The zero-order valence-corrected chi connectivity index (χ0v) is 10.7. The molecule has 1 aliphatic rings. The molecule has 1 aromatic heterocycles. The highest BCUT2D eigenvalue weighted by Crippen LogP contribution is 2.32. The fourth-order valence-corrected chi connectivity index (χ4v) is 2.75. The number of aryl methyl sites for hydroxylation is 2. The van der Waals surface area contributed by atoms with E-state index in [-0.39, 0.29) is 12.4 Å². The van der Waals surface area contributed by atoms with E-state index in [1.165, 1.54) is 17.7 Å². The largest absolute Gasteiger partial charge is 0.373 e. The van der Waals surface area contributed by atoms with Crippen molar-refractivity contribution >= 4 is 17.1 Å². The smallest absolute Gasteiger partial charge is 0.189 e. The minimum absolute atomic E-state index is 0.123. The number of rotatable bonds is 6. The highest BCUT2D eigenvalue weighted by Gasteiger charge is 2.20. The molecule has 0 saturated heterocycles. The zero-order chi connectivity index (χ0) is 11.5. The predicted octanol–water partition coefficient (Wildman–Crippen LogP) is 3.36. The maximum Gasteiger partial charge on any atom is 0.189 e. The Balaban J connectivity index is 1.75. The molecule has 1 saturated carbocycles. The van der Waals surface area contributed by atoms with Crippen LogP contribution in [0.2, 0.25) is 0 Å². The van der Waals surface area contributed by atoms with Crippen LogP contribution in [0.15, 0.2) is 6.07 Å². The summed E-state index contributed by atoms with van der Waals surface area (Å²) in [5.74, 6) is 0.998. The van der Waals surface area contributed by atoms with Gasteiger partial charge in [0.05, 0.1) is 0 Å². The molecule has 3 heteroatoms. The van der Waals surface area contributed by atoms with Crippen LogP contribution in [0.25, 0.3) is 0 Å². The Morgan fingerprint density at radius 1 is 1.50 bits per heavy atom. The summed E-state index contributed by atoms with van der Waals surface area (Å²) < 4.78 is 5.42. The number of carbonyl (C=O) groups is 1. The molecule has 0 unspecified atom stereocenters. The van der Waals surface area contributed by atoms with Gasteiger partial charge in [-0.25, -0.2) is 0 Å². The molecule has 1 aliphatic carbocycles. The summed E-state index contributed by atoms with van der Waals surface area (Å²) in [6.45, 7) is 5.00. The lowest BCUT2D eigenvalue weighted by molar-refractivity contribution is 0.0748. The van der Waals surface area contributed by atoms with Crippen molar-refractivity contribution in [2.45, 2.75) is 33.1 Å². The quantitative estimate of drug-likeness (QED) is 0.561. The second-order valence-corrected chi connectivity index (χ2v) is 6.00. The Kier molecular flexibility index (Phi) is 3.77. The van der Waals surface area contributed by atoms with E-state index in [0.717, 1.165) is 29.4 Å². The summed E-state index contributed by atoms with van der Waals surface area (Å²) in [5.41, 5.74) is 0.842. The average molecular weight is 238 g/mol. The molecule has 0 bridgehead atoms. The van der Waals surface area contributed by atoms with Crippen LogP contribution in [0.1, 0.15) is 39.4 Å². The van der Waals surface area contributed by atoms with Gasteiger partial charge < -0.3 is 4.74 Å². The summed E-state index contributed by atoms with van der Waals surface area (Å²) >= 11 is 1.68. The van der Waals surface area contributed by atoms with Gasteiger partial charge in [-0.1, -0.05) is 12.8 Å². The molecule has 2 nitrogen and oxygen atoms in total. The first kappa shape index (κ1) is 11.8. The van der Waals surface area contributed by atoms with E-state index in [0.29, 0.717) is 0 Å². The Hall–Kier alpha value is -0.670. The first-order valence-corrected chi connectivity index (χ1v) is 6.66. The molecule has 1 aromatic rings. The molecule has 0 aromatic carbocycles. The summed E-state index contributed by atoms with van der Waals surface area (Å²) in [7, 11) is 0. The predicted molar refractivity (Wildman–Crippen MR) is 66.3 cm³/mol. The van der Waals surface area contributed by atoms with Crippen LogP contribution in [0, 0.1) is 19.8 Å². The molecule has 0 aliphatic heterocycles. The molecule has 16 heavy (non-hydrogen) atoms. The zero-order valence-electron chi connectivity index (χ0n) is 9.91. The van der Waals surface area contributed by atoms with Gasteiger partial charge in [-0.15, -0.1) is 11.3 Å². The van der Waals surface area contributed by atoms with Gasteiger partial charge in [0.1, 0.15) is 6.61 Å². The van der Waals surface area contributed by atoms with Gasteiger partial charge in [0.25, 0.3) is 0 Å². The van der Waals surface area contributed by atoms with Crippen LogP contribution in [-0.4, -0.2) is 19.0 Å². The Bertz CT molecular complexity index is 377. The fraction of sp³-hybridized carbons (Fsp3) is 0.615. The number of ketones is 1. The summed E-state index contributed by atoms with van der Waals surface area (Å²) in [4.78, 5) is 14.1. The lowest BCUT2D eigenvalue weighted by atomic mass is 10.2. The highest BCUT2D eigenvalue weighted by atomic mass is 32.1. The summed E-state index contributed by atoms with van der Waals surface area (Å²) in [6.07, 6.45) is 3.81. The van der Waals surface area contributed by atoms with E-state index >= 15 is 0 Å². The number of hydrogen-bond donors (Lipinski definition) is 0. The van der Waals surface area contributed by atoms with Crippen molar-refractivity contribution in [3.8, 4) is 0 Å². The molecule has 88 valence electrons. The number of hydrogen-bond acceptors (Lipinski definition) is 3. The van der Waals surface area contributed by atoms with Crippen molar-refractivity contribution in [1.29, 1.82) is 0 Å². The van der Waals surface area contributed by atoms with Crippen molar-refractivity contribution in [2.24, 2.45) is 5.92 Å². The van der Waals surface area contributed by atoms with Crippen molar-refractivity contribution in [1.82, 2.24) is 0 Å². The Morgan fingerprint density at radius 2 is 2.25 bits per heavy atom. The number of Topliss-reactive ketones (excluding diaryl/α,β-unsaturated/α-hetero) is 1. The average Bonchev–Trinajstić information content (AvgIpc) is 2.98. The lowest BCUT2D eigenvalue weighted by Crippen LogP contribution is -2.10. The maximum absolute atomic E-state index is 11.8. The van der Waals surface area contributed by atoms with Crippen LogP contribution < -0.4 is 0 Å². The van der Waals surface area contributed by atoms with Gasteiger partial charge in [0.15, 0.2) is 5.78 Å². The maximum atomic E-state index is 11.8. The van der Waals surface area contributed by atoms with Crippen LogP contribution >= 0.6 is 11.3 Å². The molecule has 0 radical (unpaired) electrons. The third-order valence-corrected chi connectivity index (χ3v) is 3.91. The second kappa shape index (κ2) is 5.11. The fourth-order valence-electron chi connectivity index (χ4n) is 1.81. The van der Waals surface area contributed by atoms with Gasteiger partial charge in [-0.3, -0.25) is 4.79 Å². The van der Waals surface area contributed by atoms with Crippen molar-refractivity contribution in [2.75, 3.05) is 13.2 Å². The van der Waals surface area contributed by atoms with Crippen molar-refractivity contribution < 1.29 is 9.53 Å². The molecule has 1 heterocycles. The first-order valence-electron chi connectivity index (χ1n) is 5.85. The highest BCUT2D eigenvalue weighted by molar-refractivity contribution is 7.12. The number of ether oxygens (including phenoxy) is 1. The van der Waals surface area contributed by atoms with E-state index in [1.54, 1.807) is 11.3 Å². The first-order chi connectivity index (χ1) is 7.66. The van der Waals surface area contributed by atoms with Gasteiger partial charge in [-0.05, 0) is 32.3 Å². The molecule has 0 amide bonds. The standard InChI is InChI=1S/C13H18O2S/c1-9-7-12(10(2)16-9)13(14)8-15-6-5-11-3-4-11/h7,11H,3-6,8H2,1-2H3. The van der Waals surface area contributed by atoms with E-state index < -0.39 is 0 Å². The van der Waals surface area contributed by atoms with E-state index in [1.807, 2.05) is 19.9 Å². The molecule has 0 N–H and O–H groups in total. The molecule has 2 rings (SSSR count). The number of carbonyl (C=O) groups excluding carboxylic acids is 1. The van der Waals surface area contributed by atoms with Crippen LogP contribution in [0.5, 0.6) is 0 Å². The minimum Gasteiger partial charge on any atom is -0.373 e. The molecule has 0 atom stereocenters. The van der Waals surface area contributed by atoms with Gasteiger partial charge in [0.2, 0.25) is 0 Å². The van der Waals surface area contributed by atoms with Gasteiger partial charge in [0, 0.05) is 21.9 Å². The Morgan fingerprint density at radius 3 is 2.81 bits per heavy atom. The molecule has 0 spiro atoms. The summed E-state index contributed by atoms with van der Waals surface area (Å²) in [5, 5.41) is 0. The number of thiophene rings is 1. The lowest BCUT2D eigenvalue weighted by Gasteiger charge is -2.02. The van der Waals surface area contributed by atoms with Crippen molar-refractivity contribution in [3.63, 3.8) is 0 Å². The van der Waals surface area contributed by atoms with Crippen LogP contribution in [0.4, 0.5) is 0 Å². The molecular formula is C13H18O2S. The van der Waals surface area contributed by atoms with Crippen LogP contribution in [-0.2, 0) is 4.74 Å². The SMILES string of the molecule is Cc1cc(C(=O)COCCC2CC2)c(C)s1. The third kappa shape index (κ3) is 3.16.